The highest BCUT2D eigenvalue weighted by molar-refractivity contribution is 5.92. The SMILES string of the molecule is CCCCN(Cc1ccc(-c2ccccc2-c2nnnn2C(c2ccccc2)(c2ccccc2)c2ccccc2)cc1)c1nccnc1C(=O)OC. The van der Waals surface area contributed by atoms with Gasteiger partial charge in [-0.3, -0.25) is 0 Å². The molecular weight excluding hydrogens is 647 g/mol. The number of rotatable bonds is 13. The van der Waals surface area contributed by atoms with Crippen LogP contribution in [0.4, 0.5) is 5.82 Å². The van der Waals surface area contributed by atoms with Gasteiger partial charge in [-0.25, -0.2) is 19.4 Å². The Balaban J connectivity index is 1.31. The van der Waals surface area contributed by atoms with E-state index in [0.29, 0.717) is 18.2 Å². The number of hydrogen-bond donors (Lipinski definition) is 0. The Bertz CT molecular complexity index is 2130. The Labute approximate surface area is 303 Å². The van der Waals surface area contributed by atoms with Gasteiger partial charge < -0.3 is 9.64 Å². The molecule has 0 aliphatic rings. The number of esters is 1. The summed E-state index contributed by atoms with van der Waals surface area (Å²) in [6.45, 7) is 3.41. The molecule has 0 amide bonds. The molecule has 0 unspecified atom stereocenters. The van der Waals surface area contributed by atoms with E-state index in [1.165, 1.54) is 13.3 Å². The van der Waals surface area contributed by atoms with Gasteiger partial charge >= 0.3 is 5.97 Å². The number of benzene rings is 5. The molecule has 0 spiro atoms. The number of carbonyl (C=O) groups is 1. The fourth-order valence-corrected chi connectivity index (χ4v) is 6.84. The topological polar surface area (TPSA) is 98.9 Å². The van der Waals surface area contributed by atoms with Crippen molar-refractivity contribution < 1.29 is 9.53 Å². The predicted octanol–water partition coefficient (Wildman–Crippen LogP) is 8.23. The van der Waals surface area contributed by atoms with E-state index in [1.54, 1.807) is 6.20 Å². The summed E-state index contributed by atoms with van der Waals surface area (Å²) in [5, 5.41) is 13.8. The largest absolute Gasteiger partial charge is 0.464 e. The van der Waals surface area contributed by atoms with Crippen LogP contribution in [-0.4, -0.2) is 49.8 Å². The summed E-state index contributed by atoms with van der Waals surface area (Å²) in [5.41, 5.74) is 6.44. The highest BCUT2D eigenvalue weighted by atomic mass is 16.5. The third-order valence-corrected chi connectivity index (χ3v) is 9.31. The van der Waals surface area contributed by atoms with Crippen molar-refractivity contribution in [3.8, 4) is 22.5 Å². The Kier molecular flexibility index (Phi) is 10.2. The van der Waals surface area contributed by atoms with Crippen molar-refractivity contribution >= 4 is 11.8 Å². The molecule has 0 aliphatic heterocycles. The zero-order chi connectivity index (χ0) is 35.8. The van der Waals surface area contributed by atoms with E-state index < -0.39 is 11.5 Å². The molecule has 9 nitrogen and oxygen atoms in total. The van der Waals surface area contributed by atoms with Gasteiger partial charge in [-0.2, -0.15) is 0 Å². The molecule has 0 saturated heterocycles. The quantitative estimate of drug-likeness (QED) is 0.0885. The lowest BCUT2D eigenvalue weighted by atomic mass is 9.77. The second-order valence-electron chi connectivity index (χ2n) is 12.5. The number of tetrazole rings is 1. The minimum Gasteiger partial charge on any atom is -0.464 e. The summed E-state index contributed by atoms with van der Waals surface area (Å²) in [6, 6.07) is 47.9. The Hall–Kier alpha value is -6.48. The second kappa shape index (κ2) is 15.6. The maximum atomic E-state index is 12.6. The predicted molar refractivity (Wildman–Crippen MR) is 203 cm³/mol. The van der Waals surface area contributed by atoms with Crippen molar-refractivity contribution in [1.29, 1.82) is 0 Å². The van der Waals surface area contributed by atoms with E-state index in [-0.39, 0.29) is 5.69 Å². The number of carbonyl (C=O) groups excluding carboxylic acids is 1. The molecule has 258 valence electrons. The van der Waals surface area contributed by atoms with Crippen molar-refractivity contribution in [2.24, 2.45) is 0 Å². The summed E-state index contributed by atoms with van der Waals surface area (Å²) in [7, 11) is 1.36. The first-order valence-electron chi connectivity index (χ1n) is 17.4. The molecule has 52 heavy (non-hydrogen) atoms. The standard InChI is InChI=1S/C43H39N7O2/c1-3-4-30-49(41-39(42(51)52-2)44-28-29-45-41)31-32-24-26-33(27-25-32)37-22-14-15-23-38(37)40-46-47-48-50(40)43(34-16-8-5-9-17-34,35-18-10-6-11-19-35)36-20-12-7-13-21-36/h5-29H,3-4,30-31H2,1-2H3. The molecule has 5 aromatic carbocycles. The molecule has 2 aromatic heterocycles. The van der Waals surface area contributed by atoms with Gasteiger partial charge in [0.1, 0.15) is 5.54 Å². The van der Waals surface area contributed by atoms with Crippen LogP contribution in [0.2, 0.25) is 0 Å². The third kappa shape index (κ3) is 6.56. The summed E-state index contributed by atoms with van der Waals surface area (Å²) >= 11 is 0. The van der Waals surface area contributed by atoms with Gasteiger partial charge in [-0.05, 0) is 50.2 Å². The minimum atomic E-state index is -0.870. The van der Waals surface area contributed by atoms with E-state index in [1.807, 2.05) is 35.0 Å². The molecule has 7 aromatic rings. The first-order chi connectivity index (χ1) is 25.6. The van der Waals surface area contributed by atoms with E-state index in [2.05, 4.69) is 136 Å². The average Bonchev–Trinajstić information content (AvgIpc) is 3.71. The van der Waals surface area contributed by atoms with Crippen LogP contribution < -0.4 is 4.90 Å². The van der Waals surface area contributed by atoms with Crippen LogP contribution in [0.1, 0.15) is 52.5 Å². The number of anilines is 1. The van der Waals surface area contributed by atoms with Crippen molar-refractivity contribution in [1.82, 2.24) is 30.2 Å². The molecule has 0 atom stereocenters. The van der Waals surface area contributed by atoms with Crippen molar-refractivity contribution in [3.63, 3.8) is 0 Å². The zero-order valence-corrected chi connectivity index (χ0v) is 29.2. The van der Waals surface area contributed by atoms with E-state index in [4.69, 9.17) is 15.0 Å². The highest BCUT2D eigenvalue weighted by Crippen LogP contribution is 2.43. The number of nitrogens with zero attached hydrogens (tertiary/aromatic N) is 7. The summed E-state index contributed by atoms with van der Waals surface area (Å²) in [6.07, 6.45) is 5.06. The zero-order valence-electron chi connectivity index (χ0n) is 29.2. The van der Waals surface area contributed by atoms with Crippen molar-refractivity contribution in [3.05, 3.63) is 180 Å². The Morgan fingerprint density at radius 3 is 1.85 bits per heavy atom. The van der Waals surface area contributed by atoms with Crippen LogP contribution in [0.5, 0.6) is 0 Å². The summed E-state index contributed by atoms with van der Waals surface area (Å²) in [4.78, 5) is 23.5. The molecule has 0 saturated carbocycles. The maximum absolute atomic E-state index is 12.6. The van der Waals surface area contributed by atoms with Crippen molar-refractivity contribution in [2.45, 2.75) is 31.8 Å². The van der Waals surface area contributed by atoms with Crippen LogP contribution in [0, 0.1) is 0 Å². The molecule has 0 radical (unpaired) electrons. The molecule has 0 fully saturated rings. The fourth-order valence-electron chi connectivity index (χ4n) is 6.84. The lowest BCUT2D eigenvalue weighted by molar-refractivity contribution is 0.0594. The van der Waals surface area contributed by atoms with Crippen LogP contribution in [-0.2, 0) is 16.8 Å². The second-order valence-corrected chi connectivity index (χ2v) is 12.5. The van der Waals surface area contributed by atoms with Crippen LogP contribution in [0.3, 0.4) is 0 Å². The number of unbranched alkanes of at least 4 members (excludes halogenated alkanes) is 1. The minimum absolute atomic E-state index is 0.210. The Morgan fingerprint density at radius 1 is 0.712 bits per heavy atom. The van der Waals surface area contributed by atoms with Gasteiger partial charge in [-0.1, -0.05) is 153 Å². The van der Waals surface area contributed by atoms with E-state index in [9.17, 15) is 4.79 Å². The van der Waals surface area contributed by atoms with Crippen LogP contribution in [0.25, 0.3) is 22.5 Å². The molecule has 2 heterocycles. The Morgan fingerprint density at radius 2 is 1.27 bits per heavy atom. The summed E-state index contributed by atoms with van der Waals surface area (Å²) < 4.78 is 6.97. The maximum Gasteiger partial charge on any atom is 0.360 e. The van der Waals surface area contributed by atoms with E-state index >= 15 is 0 Å². The van der Waals surface area contributed by atoms with Gasteiger partial charge in [0, 0.05) is 31.0 Å². The van der Waals surface area contributed by atoms with Gasteiger partial charge in [0.05, 0.1) is 7.11 Å². The average molecular weight is 686 g/mol. The first kappa shape index (κ1) is 34.0. The molecule has 0 bridgehead atoms. The van der Waals surface area contributed by atoms with Gasteiger partial charge in [0.2, 0.25) is 0 Å². The fraction of sp³-hybridized carbons (Fsp3) is 0.163. The van der Waals surface area contributed by atoms with Gasteiger partial charge in [0.25, 0.3) is 0 Å². The highest BCUT2D eigenvalue weighted by Gasteiger charge is 2.42. The van der Waals surface area contributed by atoms with Crippen molar-refractivity contribution in [2.75, 3.05) is 18.6 Å². The number of ether oxygens (including phenoxy) is 1. The normalized spacial score (nSPS) is 11.3. The summed E-state index contributed by atoms with van der Waals surface area (Å²) in [5.74, 6) is 0.650. The molecule has 7 rings (SSSR count). The smallest absolute Gasteiger partial charge is 0.360 e. The molecule has 9 heteroatoms. The third-order valence-electron chi connectivity index (χ3n) is 9.31. The number of hydrogen-bond acceptors (Lipinski definition) is 8. The lowest BCUT2D eigenvalue weighted by Gasteiger charge is -2.36. The molecule has 0 aliphatic carbocycles. The molecule has 0 N–H and O–H groups in total. The van der Waals surface area contributed by atoms with Crippen LogP contribution >= 0.6 is 0 Å². The van der Waals surface area contributed by atoms with E-state index in [0.717, 1.165) is 58.3 Å². The number of aromatic nitrogens is 6. The monoisotopic (exact) mass is 685 g/mol. The molecular formula is C43H39N7O2. The van der Waals surface area contributed by atoms with Gasteiger partial charge in [0.15, 0.2) is 17.3 Å². The lowest BCUT2D eigenvalue weighted by Crippen LogP contribution is -2.39. The first-order valence-corrected chi connectivity index (χ1v) is 17.4. The van der Waals surface area contributed by atoms with Crippen LogP contribution in [0.15, 0.2) is 152 Å². The number of methoxy groups -OCH3 is 1. The van der Waals surface area contributed by atoms with Gasteiger partial charge in [-0.15, -0.1) is 5.10 Å².